The minimum absolute atomic E-state index is 0.494. The largest absolute Gasteiger partial charge is 0.428 e. The van der Waals surface area contributed by atoms with E-state index in [-0.39, 0.29) is 0 Å². The number of nitrogens with zero attached hydrogens (tertiary/aromatic N) is 2. The van der Waals surface area contributed by atoms with Crippen molar-refractivity contribution in [2.45, 2.75) is 6.54 Å². The summed E-state index contributed by atoms with van der Waals surface area (Å²) >= 11 is 0. The summed E-state index contributed by atoms with van der Waals surface area (Å²) in [4.78, 5) is 7.89. The first kappa shape index (κ1) is 8.71. The third-order valence-corrected chi connectivity index (χ3v) is 1.74. The summed E-state index contributed by atoms with van der Waals surface area (Å²) in [5.41, 5.74) is 6.52. The van der Waals surface area contributed by atoms with Gasteiger partial charge in [0.1, 0.15) is 5.82 Å². The fraction of sp³-hybridized carbons (Fsp3) is 0.111. The van der Waals surface area contributed by atoms with Gasteiger partial charge in [0.2, 0.25) is 5.88 Å². The average Bonchev–Trinajstić information content (AvgIpc) is 2.71. The lowest BCUT2D eigenvalue weighted by Crippen LogP contribution is -1.98. The number of anilines is 2. The third kappa shape index (κ3) is 1.89. The summed E-state index contributed by atoms with van der Waals surface area (Å²) in [6.07, 6.45) is 4.63. The number of rotatable bonds is 3. The molecule has 5 nitrogen and oxygen atoms in total. The molecule has 14 heavy (non-hydrogen) atoms. The molecule has 0 aliphatic carbocycles. The molecular formula is C9H10N4O. The molecule has 0 aliphatic heterocycles. The first-order valence-electron chi connectivity index (χ1n) is 4.19. The average molecular weight is 190 g/mol. The summed E-state index contributed by atoms with van der Waals surface area (Å²) < 4.78 is 5.02. The van der Waals surface area contributed by atoms with Gasteiger partial charge in [-0.15, -0.1) is 0 Å². The Kier molecular flexibility index (Phi) is 2.42. The number of oxazole rings is 1. The predicted octanol–water partition coefficient (Wildman–Crippen LogP) is 1.27. The van der Waals surface area contributed by atoms with Crippen LogP contribution >= 0.6 is 0 Å². The van der Waals surface area contributed by atoms with Gasteiger partial charge in [0.05, 0.1) is 6.20 Å². The molecule has 5 heteroatoms. The van der Waals surface area contributed by atoms with Crippen LogP contribution in [0, 0.1) is 0 Å². The molecule has 0 aromatic carbocycles. The van der Waals surface area contributed by atoms with E-state index in [2.05, 4.69) is 15.3 Å². The van der Waals surface area contributed by atoms with Gasteiger partial charge in [-0.25, -0.2) is 9.97 Å². The number of hydrogen-bond donors (Lipinski definition) is 2. The first-order valence-corrected chi connectivity index (χ1v) is 4.19. The maximum absolute atomic E-state index is 5.50. The smallest absolute Gasteiger partial charge is 0.218 e. The van der Waals surface area contributed by atoms with Crippen molar-refractivity contribution in [1.82, 2.24) is 9.97 Å². The molecule has 0 saturated heterocycles. The van der Waals surface area contributed by atoms with E-state index in [1.807, 2.05) is 12.1 Å². The van der Waals surface area contributed by atoms with Gasteiger partial charge in [-0.2, -0.15) is 0 Å². The maximum atomic E-state index is 5.50. The van der Waals surface area contributed by atoms with Crippen molar-refractivity contribution in [1.29, 1.82) is 0 Å². The van der Waals surface area contributed by atoms with Crippen LogP contribution in [0.25, 0.3) is 0 Å². The zero-order chi connectivity index (χ0) is 9.80. The maximum Gasteiger partial charge on any atom is 0.218 e. The normalized spacial score (nSPS) is 10.1. The number of nitrogens with two attached hydrogens (primary N) is 1. The van der Waals surface area contributed by atoms with Crippen LogP contribution in [0.1, 0.15) is 5.56 Å². The fourth-order valence-corrected chi connectivity index (χ4v) is 1.07. The molecule has 2 heterocycles. The van der Waals surface area contributed by atoms with Crippen molar-refractivity contribution in [2.75, 3.05) is 5.32 Å². The fourth-order valence-electron chi connectivity index (χ4n) is 1.07. The lowest BCUT2D eigenvalue weighted by atomic mass is 10.2. The van der Waals surface area contributed by atoms with Gasteiger partial charge in [-0.05, 0) is 17.7 Å². The molecule has 2 rings (SSSR count). The Morgan fingerprint density at radius 2 is 2.43 bits per heavy atom. The van der Waals surface area contributed by atoms with Crippen LogP contribution in [-0.2, 0) is 6.54 Å². The number of pyridine rings is 1. The van der Waals surface area contributed by atoms with Gasteiger partial charge in [-0.3, -0.25) is 0 Å². The molecule has 0 atom stereocenters. The molecule has 0 saturated carbocycles. The van der Waals surface area contributed by atoms with Crippen LogP contribution in [0.5, 0.6) is 0 Å². The Morgan fingerprint density at radius 3 is 3.14 bits per heavy atom. The second-order valence-corrected chi connectivity index (χ2v) is 2.74. The van der Waals surface area contributed by atoms with E-state index in [1.54, 1.807) is 12.4 Å². The zero-order valence-corrected chi connectivity index (χ0v) is 7.47. The Hall–Kier alpha value is -1.88. The van der Waals surface area contributed by atoms with Crippen LogP contribution in [-0.4, -0.2) is 9.97 Å². The minimum Gasteiger partial charge on any atom is -0.428 e. The first-order chi connectivity index (χ1) is 6.88. The molecule has 3 N–H and O–H groups in total. The second-order valence-electron chi connectivity index (χ2n) is 2.74. The Labute approximate surface area is 81.0 Å². The highest BCUT2D eigenvalue weighted by molar-refractivity contribution is 5.49. The summed E-state index contributed by atoms with van der Waals surface area (Å²) in [6.45, 7) is 0.494. The van der Waals surface area contributed by atoms with E-state index in [0.717, 1.165) is 5.56 Å². The molecule has 0 bridgehead atoms. The summed E-state index contributed by atoms with van der Waals surface area (Å²) in [5, 5.41) is 2.96. The van der Waals surface area contributed by atoms with Gasteiger partial charge in [0.15, 0.2) is 6.39 Å². The highest BCUT2D eigenvalue weighted by Crippen LogP contribution is 2.13. The molecule has 72 valence electrons. The highest BCUT2D eigenvalue weighted by Gasteiger charge is 1.98. The standard InChI is InChI=1S/C9H10N4O/c10-4-7-1-2-12-8(3-7)13-9-5-11-6-14-9/h1-3,5-6H,4,10H2,(H,12,13). The van der Waals surface area contributed by atoms with Crippen LogP contribution in [0.3, 0.4) is 0 Å². The SMILES string of the molecule is NCc1ccnc(Nc2cnco2)c1. The lowest BCUT2D eigenvalue weighted by Gasteiger charge is -2.02. The molecule has 2 aromatic rings. The highest BCUT2D eigenvalue weighted by atomic mass is 16.4. The van der Waals surface area contributed by atoms with Crippen molar-refractivity contribution < 1.29 is 4.42 Å². The zero-order valence-electron chi connectivity index (χ0n) is 7.47. The third-order valence-electron chi connectivity index (χ3n) is 1.74. The van der Waals surface area contributed by atoms with E-state index in [4.69, 9.17) is 10.2 Å². The van der Waals surface area contributed by atoms with Gasteiger partial charge < -0.3 is 15.5 Å². The van der Waals surface area contributed by atoms with Crippen LogP contribution in [0.2, 0.25) is 0 Å². The molecule has 0 fully saturated rings. The molecule has 2 aromatic heterocycles. The molecule has 0 radical (unpaired) electrons. The quantitative estimate of drug-likeness (QED) is 0.762. The van der Waals surface area contributed by atoms with Gasteiger partial charge >= 0.3 is 0 Å². The Balaban J connectivity index is 2.17. The minimum atomic E-state index is 0.494. The van der Waals surface area contributed by atoms with Gasteiger partial charge in [0, 0.05) is 12.7 Å². The van der Waals surface area contributed by atoms with E-state index < -0.39 is 0 Å². The van der Waals surface area contributed by atoms with E-state index in [9.17, 15) is 0 Å². The summed E-state index contributed by atoms with van der Waals surface area (Å²) in [7, 11) is 0. The molecule has 0 unspecified atom stereocenters. The van der Waals surface area contributed by atoms with Crippen LogP contribution in [0.15, 0.2) is 35.3 Å². The summed E-state index contributed by atoms with van der Waals surface area (Å²) in [6, 6.07) is 3.73. The molecule has 0 spiro atoms. The monoisotopic (exact) mass is 190 g/mol. The van der Waals surface area contributed by atoms with Crippen LogP contribution in [0.4, 0.5) is 11.7 Å². The van der Waals surface area contributed by atoms with E-state index >= 15 is 0 Å². The van der Waals surface area contributed by atoms with Crippen molar-refractivity contribution in [3.05, 3.63) is 36.5 Å². The van der Waals surface area contributed by atoms with Crippen molar-refractivity contribution >= 4 is 11.7 Å². The topological polar surface area (TPSA) is 77.0 Å². The Morgan fingerprint density at radius 1 is 1.50 bits per heavy atom. The summed E-state index contributed by atoms with van der Waals surface area (Å²) in [5.74, 6) is 1.26. The second kappa shape index (κ2) is 3.89. The molecular weight excluding hydrogens is 180 g/mol. The van der Waals surface area contributed by atoms with E-state index in [1.165, 1.54) is 6.39 Å². The van der Waals surface area contributed by atoms with Crippen molar-refractivity contribution in [3.63, 3.8) is 0 Å². The van der Waals surface area contributed by atoms with E-state index in [0.29, 0.717) is 18.2 Å². The number of aromatic nitrogens is 2. The van der Waals surface area contributed by atoms with Crippen molar-refractivity contribution in [2.24, 2.45) is 5.73 Å². The van der Waals surface area contributed by atoms with Crippen molar-refractivity contribution in [3.8, 4) is 0 Å². The molecule has 0 amide bonds. The Bertz CT molecular complexity index is 399. The predicted molar refractivity (Wildman–Crippen MR) is 51.9 cm³/mol. The molecule has 0 aliphatic rings. The number of nitrogens with one attached hydrogen (secondary N) is 1. The lowest BCUT2D eigenvalue weighted by molar-refractivity contribution is 0.574. The number of hydrogen-bond acceptors (Lipinski definition) is 5. The van der Waals surface area contributed by atoms with Gasteiger partial charge in [-0.1, -0.05) is 0 Å². The van der Waals surface area contributed by atoms with Gasteiger partial charge in [0.25, 0.3) is 0 Å². The van der Waals surface area contributed by atoms with Crippen LogP contribution < -0.4 is 11.1 Å².